The minimum absolute atomic E-state index is 0.613. The number of rotatable bonds is 4. The predicted octanol–water partition coefficient (Wildman–Crippen LogP) is 2.88. The average molecular weight is 351 g/mol. The highest BCUT2D eigenvalue weighted by atomic mass is 15.3. The van der Waals surface area contributed by atoms with Crippen molar-refractivity contribution in [3.63, 3.8) is 0 Å². The average Bonchev–Trinajstić information content (AvgIpc) is 3.09. The summed E-state index contributed by atoms with van der Waals surface area (Å²) in [5, 5.41) is 0. The first kappa shape index (κ1) is 17.4. The number of anilines is 1. The van der Waals surface area contributed by atoms with E-state index in [4.69, 9.17) is 0 Å². The molecule has 5 nitrogen and oxygen atoms in total. The Morgan fingerprint density at radius 3 is 2.85 bits per heavy atom. The van der Waals surface area contributed by atoms with Crippen LogP contribution in [0, 0.1) is 0 Å². The van der Waals surface area contributed by atoms with Crippen LogP contribution in [0.1, 0.15) is 25.3 Å². The van der Waals surface area contributed by atoms with Crippen molar-refractivity contribution in [1.82, 2.24) is 19.8 Å². The number of aromatic nitrogens is 2. The molecule has 0 unspecified atom stereocenters. The van der Waals surface area contributed by atoms with E-state index >= 15 is 0 Å². The van der Waals surface area contributed by atoms with Gasteiger partial charge in [-0.1, -0.05) is 18.2 Å². The van der Waals surface area contributed by atoms with Crippen molar-refractivity contribution in [3.05, 3.63) is 42.2 Å². The lowest BCUT2D eigenvalue weighted by atomic mass is 10.0. The van der Waals surface area contributed by atoms with Crippen molar-refractivity contribution in [2.75, 3.05) is 38.6 Å². The molecular formula is C21H29N5. The van der Waals surface area contributed by atoms with Crippen LogP contribution in [0.2, 0.25) is 0 Å². The standard InChI is InChI=1S/C21H29N5/c1-16-13-25-11-5-8-19(25)15-26(16)14-17-6-4-7-18(12-17)20-21(24(2)3)23-10-9-22-20/h4,6-7,9-10,12,16,19H,5,8,11,13-15H2,1-3H3/t16-,19-/m1/s1. The Bertz CT molecular complexity index is 760. The van der Waals surface area contributed by atoms with Crippen molar-refractivity contribution in [2.45, 2.75) is 38.4 Å². The quantitative estimate of drug-likeness (QED) is 0.846. The fraction of sp³-hybridized carbons (Fsp3) is 0.524. The predicted molar refractivity (Wildman–Crippen MR) is 106 cm³/mol. The molecule has 1 aromatic carbocycles. The number of hydrogen-bond donors (Lipinski definition) is 0. The van der Waals surface area contributed by atoms with Crippen molar-refractivity contribution in [2.24, 2.45) is 0 Å². The number of nitrogens with zero attached hydrogens (tertiary/aromatic N) is 5. The fourth-order valence-electron chi connectivity index (χ4n) is 4.38. The Hall–Kier alpha value is -1.98. The lowest BCUT2D eigenvalue weighted by molar-refractivity contribution is 0.0540. The molecule has 0 bridgehead atoms. The maximum absolute atomic E-state index is 4.59. The summed E-state index contributed by atoms with van der Waals surface area (Å²) in [6.45, 7) is 7.07. The van der Waals surface area contributed by atoms with Gasteiger partial charge >= 0.3 is 0 Å². The van der Waals surface area contributed by atoms with E-state index in [2.05, 4.69) is 51.0 Å². The van der Waals surface area contributed by atoms with Gasteiger partial charge in [0.1, 0.15) is 5.69 Å². The highest BCUT2D eigenvalue weighted by molar-refractivity contribution is 5.71. The van der Waals surface area contributed by atoms with Crippen molar-refractivity contribution < 1.29 is 0 Å². The van der Waals surface area contributed by atoms with Gasteiger partial charge in [0, 0.05) is 63.8 Å². The van der Waals surface area contributed by atoms with Crippen LogP contribution in [-0.2, 0) is 6.54 Å². The molecule has 138 valence electrons. The van der Waals surface area contributed by atoms with Gasteiger partial charge in [0.2, 0.25) is 0 Å². The second-order valence-corrected chi connectivity index (χ2v) is 7.89. The van der Waals surface area contributed by atoms with Gasteiger partial charge in [-0.2, -0.15) is 0 Å². The molecule has 2 aromatic rings. The molecule has 0 amide bonds. The molecule has 2 saturated heterocycles. The minimum atomic E-state index is 0.613. The molecule has 5 heteroatoms. The monoisotopic (exact) mass is 351 g/mol. The van der Waals surface area contributed by atoms with E-state index in [9.17, 15) is 0 Å². The Labute approximate surface area is 156 Å². The van der Waals surface area contributed by atoms with Crippen LogP contribution in [0.5, 0.6) is 0 Å². The van der Waals surface area contributed by atoms with Crippen LogP contribution in [0.4, 0.5) is 5.82 Å². The van der Waals surface area contributed by atoms with Gasteiger partial charge in [-0.15, -0.1) is 0 Å². The molecule has 2 fully saturated rings. The highest BCUT2D eigenvalue weighted by Gasteiger charge is 2.34. The first-order valence-electron chi connectivity index (χ1n) is 9.67. The second kappa shape index (κ2) is 7.33. The van der Waals surface area contributed by atoms with Crippen LogP contribution < -0.4 is 4.90 Å². The third kappa shape index (κ3) is 3.46. The van der Waals surface area contributed by atoms with Crippen LogP contribution in [-0.4, -0.2) is 65.6 Å². The second-order valence-electron chi connectivity index (χ2n) is 7.89. The Morgan fingerprint density at radius 2 is 2.00 bits per heavy atom. The van der Waals surface area contributed by atoms with Crippen molar-refractivity contribution in [1.29, 1.82) is 0 Å². The molecule has 0 spiro atoms. The summed E-state index contributed by atoms with van der Waals surface area (Å²) in [5.41, 5.74) is 3.45. The summed E-state index contributed by atoms with van der Waals surface area (Å²) in [6, 6.07) is 10.2. The van der Waals surface area contributed by atoms with E-state index in [-0.39, 0.29) is 0 Å². The van der Waals surface area contributed by atoms with Crippen LogP contribution in [0.25, 0.3) is 11.3 Å². The molecule has 26 heavy (non-hydrogen) atoms. The lowest BCUT2D eigenvalue weighted by Gasteiger charge is -2.42. The zero-order valence-electron chi connectivity index (χ0n) is 16.1. The number of fused-ring (bicyclic) bond motifs is 1. The number of piperazine rings is 1. The van der Waals surface area contributed by atoms with E-state index in [1.54, 1.807) is 12.4 Å². The molecule has 2 atom stereocenters. The Morgan fingerprint density at radius 1 is 1.15 bits per heavy atom. The molecule has 2 aliphatic heterocycles. The van der Waals surface area contributed by atoms with Gasteiger partial charge in [0.05, 0.1) is 0 Å². The maximum atomic E-state index is 4.59. The van der Waals surface area contributed by atoms with Gasteiger partial charge in [-0.25, -0.2) is 4.98 Å². The first-order valence-corrected chi connectivity index (χ1v) is 9.67. The van der Waals surface area contributed by atoms with Crippen LogP contribution in [0.15, 0.2) is 36.7 Å². The smallest absolute Gasteiger partial charge is 0.154 e. The number of benzene rings is 1. The molecule has 3 heterocycles. The molecule has 4 rings (SSSR count). The Kier molecular flexibility index (Phi) is 4.92. The van der Waals surface area contributed by atoms with Gasteiger partial charge < -0.3 is 4.90 Å². The topological polar surface area (TPSA) is 35.5 Å². The SMILES string of the molecule is C[C@@H]1CN2CCC[C@@H]2CN1Cc1cccc(-c2nccnc2N(C)C)c1. The molecule has 1 aromatic heterocycles. The Balaban J connectivity index is 1.55. The lowest BCUT2D eigenvalue weighted by Crippen LogP contribution is -2.54. The highest BCUT2D eigenvalue weighted by Crippen LogP contribution is 2.28. The third-order valence-electron chi connectivity index (χ3n) is 5.76. The minimum Gasteiger partial charge on any atom is -0.361 e. The number of hydrogen-bond acceptors (Lipinski definition) is 5. The summed E-state index contributed by atoms with van der Waals surface area (Å²) in [4.78, 5) is 16.4. The van der Waals surface area contributed by atoms with E-state index in [0.29, 0.717) is 6.04 Å². The maximum Gasteiger partial charge on any atom is 0.154 e. The summed E-state index contributed by atoms with van der Waals surface area (Å²) in [7, 11) is 4.03. The molecule has 2 aliphatic rings. The van der Waals surface area contributed by atoms with Gasteiger partial charge in [0.25, 0.3) is 0 Å². The van der Waals surface area contributed by atoms with Crippen molar-refractivity contribution in [3.8, 4) is 11.3 Å². The third-order valence-corrected chi connectivity index (χ3v) is 5.76. The zero-order chi connectivity index (χ0) is 18.1. The normalized spacial score (nSPS) is 23.8. The largest absolute Gasteiger partial charge is 0.361 e. The van der Waals surface area contributed by atoms with Gasteiger partial charge in [-0.05, 0) is 37.9 Å². The van der Waals surface area contributed by atoms with E-state index < -0.39 is 0 Å². The van der Waals surface area contributed by atoms with Crippen LogP contribution >= 0.6 is 0 Å². The summed E-state index contributed by atoms with van der Waals surface area (Å²) in [6.07, 6.45) is 6.25. The summed E-state index contributed by atoms with van der Waals surface area (Å²) < 4.78 is 0. The zero-order valence-corrected chi connectivity index (χ0v) is 16.1. The van der Waals surface area contributed by atoms with Crippen LogP contribution in [0.3, 0.4) is 0 Å². The summed E-state index contributed by atoms with van der Waals surface area (Å²) in [5.74, 6) is 0.914. The van der Waals surface area contributed by atoms with E-state index in [1.807, 2.05) is 19.0 Å². The first-order chi connectivity index (χ1) is 12.6. The molecular weight excluding hydrogens is 322 g/mol. The van der Waals surface area contributed by atoms with Gasteiger partial charge in [0.15, 0.2) is 5.82 Å². The van der Waals surface area contributed by atoms with E-state index in [1.165, 1.54) is 38.0 Å². The summed E-state index contributed by atoms with van der Waals surface area (Å²) >= 11 is 0. The molecule has 0 radical (unpaired) electrons. The fourth-order valence-corrected chi connectivity index (χ4v) is 4.38. The van der Waals surface area contributed by atoms with Gasteiger partial charge in [-0.3, -0.25) is 14.8 Å². The van der Waals surface area contributed by atoms with E-state index in [0.717, 1.165) is 29.7 Å². The molecule has 0 aliphatic carbocycles. The van der Waals surface area contributed by atoms with Crippen molar-refractivity contribution >= 4 is 5.82 Å². The molecule has 0 saturated carbocycles. The molecule has 0 N–H and O–H groups in total.